The summed E-state index contributed by atoms with van der Waals surface area (Å²) >= 11 is 0. The molecule has 0 aromatic heterocycles. The predicted molar refractivity (Wildman–Crippen MR) is 113 cm³/mol. The Hall–Kier alpha value is -3.06. The summed E-state index contributed by atoms with van der Waals surface area (Å²) in [6, 6.07) is 11.9. The third kappa shape index (κ3) is 6.77. The number of nitrogens with one attached hydrogen (secondary N) is 1. The zero-order valence-electron chi connectivity index (χ0n) is 18.1. The molecule has 2 aromatic rings. The van der Waals surface area contributed by atoms with E-state index in [2.05, 4.69) is 5.32 Å². The maximum atomic E-state index is 12.2. The first-order valence-electron chi connectivity index (χ1n) is 9.73. The summed E-state index contributed by atoms with van der Waals surface area (Å²) in [7, 11) is 3.13. The molecule has 0 aliphatic carbocycles. The Labute approximate surface area is 177 Å². The molecule has 1 atom stereocenters. The summed E-state index contributed by atoms with van der Waals surface area (Å²) in [6.45, 7) is 5.83. The van der Waals surface area contributed by atoms with Gasteiger partial charge in [0.05, 0.1) is 38.5 Å². The Kier molecular flexibility index (Phi) is 8.68. The first kappa shape index (κ1) is 23.2. The van der Waals surface area contributed by atoms with Gasteiger partial charge in [0, 0.05) is 5.56 Å². The van der Waals surface area contributed by atoms with Crippen LogP contribution in [0.25, 0.3) is 0 Å². The Bertz CT molecular complexity index is 847. The maximum Gasteiger partial charge on any atom is 0.338 e. The van der Waals surface area contributed by atoms with Crippen molar-refractivity contribution >= 4 is 11.9 Å². The topological polar surface area (TPSA) is 83.1 Å². The second kappa shape index (κ2) is 11.2. The molecule has 1 amide bonds. The average Bonchev–Trinajstić information content (AvgIpc) is 2.75. The van der Waals surface area contributed by atoms with Crippen molar-refractivity contribution in [1.29, 1.82) is 0 Å². The van der Waals surface area contributed by atoms with E-state index < -0.39 is 11.9 Å². The SMILES string of the molecule is COc1ccc(OC)c([C@@H](C)NC(=O)COC(=O)c2ccc(COC(C)C)cc2)c1. The number of hydrogen-bond donors (Lipinski definition) is 1. The molecule has 0 bridgehead atoms. The lowest BCUT2D eigenvalue weighted by molar-refractivity contribution is -0.124. The van der Waals surface area contributed by atoms with Gasteiger partial charge in [-0.3, -0.25) is 4.79 Å². The molecular formula is C23H29NO6. The maximum absolute atomic E-state index is 12.2. The van der Waals surface area contributed by atoms with E-state index >= 15 is 0 Å². The number of benzene rings is 2. The molecule has 0 fully saturated rings. The van der Waals surface area contributed by atoms with Crippen LogP contribution in [0.1, 0.15) is 48.3 Å². The summed E-state index contributed by atoms with van der Waals surface area (Å²) in [5.41, 5.74) is 2.09. The van der Waals surface area contributed by atoms with Crippen LogP contribution in [-0.2, 0) is 20.9 Å². The lowest BCUT2D eigenvalue weighted by Crippen LogP contribution is -2.31. The number of esters is 1. The summed E-state index contributed by atoms with van der Waals surface area (Å²) in [6.07, 6.45) is 0.132. The van der Waals surface area contributed by atoms with Gasteiger partial charge in [-0.15, -0.1) is 0 Å². The van der Waals surface area contributed by atoms with E-state index in [9.17, 15) is 9.59 Å². The number of amides is 1. The summed E-state index contributed by atoms with van der Waals surface area (Å²) in [5, 5.41) is 2.80. The van der Waals surface area contributed by atoms with Crippen LogP contribution in [0.15, 0.2) is 42.5 Å². The molecule has 1 N–H and O–H groups in total. The number of ether oxygens (including phenoxy) is 4. The lowest BCUT2D eigenvalue weighted by atomic mass is 10.1. The van der Waals surface area contributed by atoms with Crippen molar-refractivity contribution in [2.24, 2.45) is 0 Å². The number of carbonyl (C=O) groups excluding carboxylic acids is 2. The zero-order valence-corrected chi connectivity index (χ0v) is 18.1. The van der Waals surface area contributed by atoms with Crippen molar-refractivity contribution in [3.8, 4) is 11.5 Å². The van der Waals surface area contributed by atoms with Gasteiger partial charge in [-0.1, -0.05) is 12.1 Å². The smallest absolute Gasteiger partial charge is 0.338 e. The van der Waals surface area contributed by atoms with Crippen LogP contribution in [0.5, 0.6) is 11.5 Å². The van der Waals surface area contributed by atoms with Crippen molar-refractivity contribution in [3.63, 3.8) is 0 Å². The van der Waals surface area contributed by atoms with Gasteiger partial charge in [-0.2, -0.15) is 0 Å². The van der Waals surface area contributed by atoms with E-state index in [1.165, 1.54) is 0 Å². The van der Waals surface area contributed by atoms with Gasteiger partial charge >= 0.3 is 5.97 Å². The Morgan fingerprint density at radius 2 is 1.67 bits per heavy atom. The van der Waals surface area contributed by atoms with Crippen molar-refractivity contribution in [2.45, 2.75) is 39.5 Å². The van der Waals surface area contributed by atoms with Crippen LogP contribution in [0, 0.1) is 0 Å². The van der Waals surface area contributed by atoms with Gasteiger partial charge in [0.25, 0.3) is 5.91 Å². The summed E-state index contributed by atoms with van der Waals surface area (Å²) in [5.74, 6) is 0.304. The fourth-order valence-electron chi connectivity index (χ4n) is 2.75. The van der Waals surface area contributed by atoms with Crippen LogP contribution < -0.4 is 14.8 Å². The molecule has 0 aliphatic rings. The largest absolute Gasteiger partial charge is 0.497 e. The van der Waals surface area contributed by atoms with Gasteiger partial charge in [-0.05, 0) is 56.7 Å². The summed E-state index contributed by atoms with van der Waals surface area (Å²) < 4.78 is 21.2. The first-order chi connectivity index (χ1) is 14.3. The minimum absolute atomic E-state index is 0.132. The molecule has 0 spiro atoms. The fourth-order valence-corrected chi connectivity index (χ4v) is 2.75. The quantitative estimate of drug-likeness (QED) is 0.596. The molecule has 0 aliphatic heterocycles. The second-order valence-corrected chi connectivity index (χ2v) is 7.03. The normalized spacial score (nSPS) is 11.7. The minimum atomic E-state index is -0.562. The molecule has 0 saturated heterocycles. The lowest BCUT2D eigenvalue weighted by Gasteiger charge is -2.18. The second-order valence-electron chi connectivity index (χ2n) is 7.03. The van der Waals surface area contributed by atoms with Gasteiger partial charge < -0.3 is 24.3 Å². The van der Waals surface area contributed by atoms with E-state index in [1.807, 2.05) is 20.8 Å². The first-order valence-corrected chi connectivity index (χ1v) is 9.73. The zero-order chi connectivity index (χ0) is 22.1. The molecule has 2 rings (SSSR count). The van der Waals surface area contributed by atoms with E-state index in [-0.39, 0.29) is 18.8 Å². The van der Waals surface area contributed by atoms with Crippen molar-refractivity contribution < 1.29 is 28.5 Å². The van der Waals surface area contributed by atoms with Crippen molar-refractivity contribution in [3.05, 3.63) is 59.2 Å². The molecule has 0 saturated carbocycles. The van der Waals surface area contributed by atoms with Crippen molar-refractivity contribution in [2.75, 3.05) is 20.8 Å². The monoisotopic (exact) mass is 415 g/mol. The molecule has 7 heteroatoms. The van der Waals surface area contributed by atoms with E-state index in [4.69, 9.17) is 18.9 Å². The molecule has 30 heavy (non-hydrogen) atoms. The van der Waals surface area contributed by atoms with Crippen LogP contribution >= 0.6 is 0 Å². The van der Waals surface area contributed by atoms with E-state index in [0.717, 1.165) is 11.1 Å². The number of hydrogen-bond acceptors (Lipinski definition) is 6. The average molecular weight is 415 g/mol. The summed E-state index contributed by atoms with van der Waals surface area (Å²) in [4.78, 5) is 24.4. The van der Waals surface area contributed by atoms with Crippen LogP contribution in [0.2, 0.25) is 0 Å². The highest BCUT2D eigenvalue weighted by Gasteiger charge is 2.17. The van der Waals surface area contributed by atoms with Crippen molar-refractivity contribution in [1.82, 2.24) is 5.32 Å². The number of methoxy groups -OCH3 is 2. The Balaban J connectivity index is 1.89. The molecule has 0 radical (unpaired) electrons. The van der Waals surface area contributed by atoms with Gasteiger partial charge in [0.1, 0.15) is 11.5 Å². The van der Waals surface area contributed by atoms with Crippen LogP contribution in [0.4, 0.5) is 0 Å². The minimum Gasteiger partial charge on any atom is -0.497 e. The highest BCUT2D eigenvalue weighted by molar-refractivity contribution is 5.91. The van der Waals surface area contributed by atoms with Crippen LogP contribution in [0.3, 0.4) is 0 Å². The predicted octanol–water partition coefficient (Wildman–Crippen LogP) is 3.66. The number of rotatable bonds is 10. The standard InChI is InChI=1S/C23H29NO6/c1-15(2)29-13-17-6-8-18(9-7-17)23(26)30-14-22(25)24-16(3)20-12-19(27-4)10-11-21(20)28-5/h6-12,15-16H,13-14H2,1-5H3,(H,24,25)/t16-/m1/s1. The third-order valence-corrected chi connectivity index (χ3v) is 4.39. The highest BCUT2D eigenvalue weighted by Crippen LogP contribution is 2.29. The Morgan fingerprint density at radius 3 is 2.27 bits per heavy atom. The van der Waals surface area contributed by atoms with Gasteiger partial charge in [0.15, 0.2) is 6.61 Å². The molecule has 162 valence electrons. The number of carbonyl (C=O) groups is 2. The third-order valence-electron chi connectivity index (χ3n) is 4.39. The van der Waals surface area contributed by atoms with Gasteiger partial charge in [-0.25, -0.2) is 4.79 Å². The highest BCUT2D eigenvalue weighted by atomic mass is 16.5. The van der Waals surface area contributed by atoms with E-state index in [1.54, 1.807) is 56.7 Å². The Morgan fingerprint density at radius 1 is 0.967 bits per heavy atom. The molecule has 0 heterocycles. The van der Waals surface area contributed by atoms with Gasteiger partial charge in [0.2, 0.25) is 0 Å². The molecule has 2 aromatic carbocycles. The fraction of sp³-hybridized carbons (Fsp3) is 0.391. The molecular weight excluding hydrogens is 386 g/mol. The molecule has 7 nitrogen and oxygen atoms in total. The van der Waals surface area contributed by atoms with Crippen LogP contribution in [-0.4, -0.2) is 38.8 Å². The van der Waals surface area contributed by atoms with E-state index in [0.29, 0.717) is 23.7 Å². The molecule has 0 unspecified atom stereocenters.